The highest BCUT2D eigenvalue weighted by Crippen LogP contribution is 2.52. The van der Waals surface area contributed by atoms with Gasteiger partial charge in [-0.05, 0) is 57.3 Å². The van der Waals surface area contributed by atoms with E-state index in [1.807, 2.05) is 0 Å². The molecule has 1 fully saturated rings. The molecular weight excluding hydrogens is 262 g/mol. The fraction of sp³-hybridized carbons (Fsp3) is 0.667. The molecule has 1 spiro atoms. The molecule has 1 aromatic rings. The van der Waals surface area contributed by atoms with Crippen LogP contribution in [0.25, 0.3) is 0 Å². The summed E-state index contributed by atoms with van der Waals surface area (Å²) in [6.45, 7) is 8.29. The summed E-state index contributed by atoms with van der Waals surface area (Å²) >= 11 is 0. The number of nitrogens with zero attached hydrogens (tertiary/aromatic N) is 1. The molecule has 1 N–H and O–H groups in total. The molecule has 0 amide bonds. The number of hydrogen-bond acceptors (Lipinski definition) is 3. The van der Waals surface area contributed by atoms with E-state index in [0.717, 1.165) is 32.7 Å². The third-order valence-electron chi connectivity index (χ3n) is 5.30. The van der Waals surface area contributed by atoms with E-state index in [2.05, 4.69) is 36.9 Å². The van der Waals surface area contributed by atoms with E-state index in [1.165, 1.54) is 29.5 Å². The van der Waals surface area contributed by atoms with Crippen molar-refractivity contribution in [3.63, 3.8) is 0 Å². The average molecular weight is 289 g/mol. The molecule has 1 atom stereocenters. The van der Waals surface area contributed by atoms with E-state index in [0.29, 0.717) is 5.41 Å². The molecule has 0 radical (unpaired) electrons. The molecule has 3 nitrogen and oxygen atoms in total. The SMILES string of the molecule is CCOC1CC2(CCN(CCO)CC2)c2ccc(C)cc21. The number of aliphatic hydroxyl groups excluding tert-OH is 1. The topological polar surface area (TPSA) is 32.7 Å². The number of β-amino-alcohol motifs (C(OH)–C–C–N with tert-alkyl or cyclic N) is 1. The van der Waals surface area contributed by atoms with Crippen LogP contribution in [0.3, 0.4) is 0 Å². The van der Waals surface area contributed by atoms with Crippen molar-refractivity contribution in [3.05, 3.63) is 34.9 Å². The van der Waals surface area contributed by atoms with Gasteiger partial charge in [0.15, 0.2) is 0 Å². The predicted molar refractivity (Wildman–Crippen MR) is 84.6 cm³/mol. The van der Waals surface area contributed by atoms with Gasteiger partial charge in [-0.3, -0.25) is 0 Å². The Bertz CT molecular complexity index is 492. The minimum absolute atomic E-state index is 0.268. The van der Waals surface area contributed by atoms with Gasteiger partial charge in [-0.25, -0.2) is 0 Å². The molecule has 1 unspecified atom stereocenters. The van der Waals surface area contributed by atoms with Crippen molar-refractivity contribution in [2.75, 3.05) is 32.8 Å². The van der Waals surface area contributed by atoms with Crippen molar-refractivity contribution >= 4 is 0 Å². The molecule has 1 heterocycles. The molecule has 0 bridgehead atoms. The van der Waals surface area contributed by atoms with Crippen LogP contribution < -0.4 is 0 Å². The van der Waals surface area contributed by atoms with Crippen molar-refractivity contribution in [3.8, 4) is 0 Å². The summed E-state index contributed by atoms with van der Waals surface area (Å²) in [5, 5.41) is 9.11. The van der Waals surface area contributed by atoms with E-state index in [-0.39, 0.29) is 12.7 Å². The molecule has 3 rings (SSSR count). The van der Waals surface area contributed by atoms with Crippen molar-refractivity contribution < 1.29 is 9.84 Å². The first-order chi connectivity index (χ1) is 10.2. The summed E-state index contributed by atoms with van der Waals surface area (Å²) in [7, 11) is 0. The molecule has 21 heavy (non-hydrogen) atoms. The number of piperidine rings is 1. The lowest BCUT2D eigenvalue weighted by Gasteiger charge is -2.40. The van der Waals surface area contributed by atoms with Gasteiger partial charge in [0.05, 0.1) is 12.7 Å². The zero-order chi connectivity index (χ0) is 14.9. The number of benzene rings is 1. The molecule has 1 aliphatic carbocycles. The van der Waals surface area contributed by atoms with Crippen LogP contribution in [0.1, 0.15) is 49.0 Å². The van der Waals surface area contributed by atoms with Crippen LogP contribution in [0.4, 0.5) is 0 Å². The Labute approximate surface area is 127 Å². The zero-order valence-corrected chi connectivity index (χ0v) is 13.3. The third kappa shape index (κ3) is 2.75. The summed E-state index contributed by atoms with van der Waals surface area (Å²) in [6.07, 6.45) is 3.78. The number of aliphatic hydroxyl groups is 1. The van der Waals surface area contributed by atoms with E-state index in [1.54, 1.807) is 0 Å². The number of ether oxygens (including phenoxy) is 1. The molecule has 0 saturated carbocycles. The van der Waals surface area contributed by atoms with Crippen LogP contribution in [-0.2, 0) is 10.2 Å². The molecule has 1 aliphatic heterocycles. The molecule has 0 aromatic heterocycles. The van der Waals surface area contributed by atoms with Gasteiger partial charge in [0.1, 0.15) is 0 Å². The van der Waals surface area contributed by atoms with E-state index in [9.17, 15) is 0 Å². The first kappa shape index (κ1) is 15.0. The summed E-state index contributed by atoms with van der Waals surface area (Å²) in [5.41, 5.74) is 4.57. The number of aryl methyl sites for hydroxylation is 1. The van der Waals surface area contributed by atoms with Gasteiger partial charge in [-0.1, -0.05) is 23.8 Å². The largest absolute Gasteiger partial charge is 0.395 e. The van der Waals surface area contributed by atoms with Gasteiger partial charge in [0.25, 0.3) is 0 Å². The molecule has 2 aliphatic rings. The maximum absolute atomic E-state index is 9.11. The number of likely N-dealkylation sites (tertiary alicyclic amines) is 1. The first-order valence-corrected chi connectivity index (χ1v) is 8.24. The van der Waals surface area contributed by atoms with Crippen LogP contribution in [0, 0.1) is 6.92 Å². The Balaban J connectivity index is 1.85. The van der Waals surface area contributed by atoms with E-state index < -0.39 is 0 Å². The number of fused-ring (bicyclic) bond motifs is 2. The zero-order valence-electron chi connectivity index (χ0n) is 13.3. The van der Waals surface area contributed by atoms with Crippen molar-refractivity contribution in [2.45, 2.75) is 44.6 Å². The van der Waals surface area contributed by atoms with E-state index >= 15 is 0 Å². The van der Waals surface area contributed by atoms with Gasteiger partial charge in [-0.15, -0.1) is 0 Å². The van der Waals surface area contributed by atoms with Crippen molar-refractivity contribution in [1.82, 2.24) is 4.90 Å². The lowest BCUT2D eigenvalue weighted by Crippen LogP contribution is -2.42. The van der Waals surface area contributed by atoms with Gasteiger partial charge < -0.3 is 14.7 Å². The Morgan fingerprint density at radius 3 is 2.76 bits per heavy atom. The second-order valence-corrected chi connectivity index (χ2v) is 6.58. The quantitative estimate of drug-likeness (QED) is 0.925. The summed E-state index contributed by atoms with van der Waals surface area (Å²) in [5.74, 6) is 0. The normalized spacial score (nSPS) is 24.4. The standard InChI is InChI=1S/C18H27NO2/c1-3-21-17-13-18(6-8-19(9-7-18)10-11-20)16-5-4-14(2)12-15(16)17/h4-5,12,17,20H,3,6-11,13H2,1-2H3. The highest BCUT2D eigenvalue weighted by Gasteiger charge is 2.45. The van der Waals surface area contributed by atoms with Crippen molar-refractivity contribution in [2.24, 2.45) is 0 Å². The summed E-state index contributed by atoms with van der Waals surface area (Å²) in [4.78, 5) is 2.38. The number of hydrogen-bond donors (Lipinski definition) is 1. The lowest BCUT2D eigenvalue weighted by atomic mass is 9.73. The van der Waals surface area contributed by atoms with Gasteiger partial charge in [0, 0.05) is 18.6 Å². The van der Waals surface area contributed by atoms with Crippen LogP contribution in [0.5, 0.6) is 0 Å². The fourth-order valence-electron chi connectivity index (χ4n) is 4.18. The molecular formula is C18H27NO2. The molecule has 1 saturated heterocycles. The Kier molecular flexibility index (Phi) is 4.34. The molecule has 116 valence electrons. The van der Waals surface area contributed by atoms with Crippen LogP contribution >= 0.6 is 0 Å². The Morgan fingerprint density at radius 1 is 1.33 bits per heavy atom. The third-order valence-corrected chi connectivity index (χ3v) is 5.30. The minimum Gasteiger partial charge on any atom is -0.395 e. The maximum Gasteiger partial charge on any atom is 0.0836 e. The maximum atomic E-state index is 9.11. The van der Waals surface area contributed by atoms with Gasteiger partial charge in [0.2, 0.25) is 0 Å². The number of rotatable bonds is 4. The molecule has 1 aromatic carbocycles. The fourth-order valence-corrected chi connectivity index (χ4v) is 4.18. The van der Waals surface area contributed by atoms with Crippen LogP contribution in [0.2, 0.25) is 0 Å². The van der Waals surface area contributed by atoms with Crippen molar-refractivity contribution in [1.29, 1.82) is 0 Å². The minimum atomic E-state index is 0.268. The van der Waals surface area contributed by atoms with Crippen LogP contribution in [-0.4, -0.2) is 42.9 Å². The van der Waals surface area contributed by atoms with Gasteiger partial charge >= 0.3 is 0 Å². The molecule has 3 heteroatoms. The second kappa shape index (κ2) is 6.07. The second-order valence-electron chi connectivity index (χ2n) is 6.58. The van der Waals surface area contributed by atoms with Crippen LogP contribution in [0.15, 0.2) is 18.2 Å². The average Bonchev–Trinajstić information content (AvgIpc) is 2.76. The summed E-state index contributed by atoms with van der Waals surface area (Å²) < 4.78 is 6.03. The lowest BCUT2D eigenvalue weighted by molar-refractivity contribution is 0.0387. The summed E-state index contributed by atoms with van der Waals surface area (Å²) in [6, 6.07) is 6.91. The smallest absolute Gasteiger partial charge is 0.0836 e. The monoisotopic (exact) mass is 289 g/mol. The highest BCUT2D eigenvalue weighted by molar-refractivity contribution is 5.44. The van der Waals surface area contributed by atoms with E-state index in [4.69, 9.17) is 9.84 Å². The Morgan fingerprint density at radius 2 is 2.10 bits per heavy atom. The first-order valence-electron chi connectivity index (χ1n) is 8.24. The predicted octanol–water partition coefficient (Wildman–Crippen LogP) is 2.80. The van der Waals surface area contributed by atoms with Gasteiger partial charge in [-0.2, -0.15) is 0 Å². The highest BCUT2D eigenvalue weighted by atomic mass is 16.5. The Hall–Kier alpha value is -0.900.